The summed E-state index contributed by atoms with van der Waals surface area (Å²) in [6.45, 7) is 0. The molecule has 0 bridgehead atoms. The predicted octanol–water partition coefficient (Wildman–Crippen LogP) is 1.82. The summed E-state index contributed by atoms with van der Waals surface area (Å²) < 4.78 is 0. The van der Waals surface area contributed by atoms with E-state index in [0.29, 0.717) is 23.4 Å². The van der Waals surface area contributed by atoms with E-state index in [4.69, 9.17) is 16.9 Å². The van der Waals surface area contributed by atoms with Crippen molar-refractivity contribution in [3.05, 3.63) is 35.1 Å². The number of nitriles is 1. The minimum Gasteiger partial charge on any atom is -0.383 e. The Morgan fingerprint density at radius 3 is 3.19 bits per heavy atom. The number of hydrogen-bond acceptors (Lipinski definition) is 3. The lowest BCUT2D eigenvalue weighted by Crippen LogP contribution is -2.23. The molecule has 3 nitrogen and oxygen atoms in total. The molecule has 1 N–H and O–H groups in total. The largest absolute Gasteiger partial charge is 0.383 e. The number of rotatable bonds is 3. The summed E-state index contributed by atoms with van der Waals surface area (Å²) in [6, 6.07) is 2.25. The second-order valence-electron chi connectivity index (χ2n) is 3.75. The smallest absolute Gasteiger partial charge is 0.165 e. The van der Waals surface area contributed by atoms with E-state index in [1.54, 1.807) is 12.3 Å². The van der Waals surface area contributed by atoms with E-state index in [1.807, 2.05) is 6.08 Å². The number of Topliss-reactive ketones (excluding diaryl/α,β-unsaturated/α-hetero) is 1. The van der Waals surface area contributed by atoms with Gasteiger partial charge in [0.15, 0.2) is 5.78 Å². The van der Waals surface area contributed by atoms with Crippen LogP contribution in [-0.4, -0.2) is 17.7 Å². The molecule has 2 rings (SSSR count). The normalized spacial score (nSPS) is 22.2. The summed E-state index contributed by atoms with van der Waals surface area (Å²) in [5.41, 5.74) is 2.22. The van der Waals surface area contributed by atoms with Crippen LogP contribution in [-0.2, 0) is 4.79 Å². The van der Waals surface area contributed by atoms with Gasteiger partial charge in [-0.1, -0.05) is 6.08 Å². The molecule has 0 saturated carbocycles. The van der Waals surface area contributed by atoms with Crippen molar-refractivity contribution in [3.8, 4) is 6.07 Å². The topological polar surface area (TPSA) is 52.9 Å². The van der Waals surface area contributed by atoms with Crippen molar-refractivity contribution in [3.63, 3.8) is 0 Å². The Balaban J connectivity index is 2.24. The zero-order chi connectivity index (χ0) is 11.5. The van der Waals surface area contributed by atoms with Crippen LogP contribution in [0, 0.1) is 11.3 Å². The molecule has 0 aromatic rings. The molecule has 0 radical (unpaired) electrons. The first-order valence-electron chi connectivity index (χ1n) is 5.14. The van der Waals surface area contributed by atoms with Gasteiger partial charge in [-0.05, 0) is 18.1 Å². The van der Waals surface area contributed by atoms with Crippen LogP contribution in [0.25, 0.3) is 0 Å². The van der Waals surface area contributed by atoms with Crippen LogP contribution in [0.3, 0.4) is 0 Å². The zero-order valence-corrected chi connectivity index (χ0v) is 9.42. The molecule has 82 valence electrons. The quantitative estimate of drug-likeness (QED) is 0.758. The van der Waals surface area contributed by atoms with Gasteiger partial charge >= 0.3 is 0 Å². The summed E-state index contributed by atoms with van der Waals surface area (Å²) in [5, 5.41) is 12.0. The number of ketones is 1. The second-order valence-corrected chi connectivity index (χ2v) is 4.12. The third kappa shape index (κ3) is 1.89. The molecule has 0 saturated heterocycles. The first kappa shape index (κ1) is 11.0. The Kier molecular flexibility index (Phi) is 3.12. The predicted molar refractivity (Wildman–Crippen MR) is 61.7 cm³/mol. The maximum absolute atomic E-state index is 11.8. The van der Waals surface area contributed by atoms with Gasteiger partial charge in [-0.15, -0.1) is 11.6 Å². The zero-order valence-electron chi connectivity index (χ0n) is 8.66. The van der Waals surface area contributed by atoms with Crippen molar-refractivity contribution in [2.24, 2.45) is 0 Å². The van der Waals surface area contributed by atoms with Crippen molar-refractivity contribution in [2.45, 2.75) is 18.9 Å². The Bertz CT molecular complexity index is 454. The molecule has 0 spiro atoms. The van der Waals surface area contributed by atoms with Crippen molar-refractivity contribution in [2.75, 3.05) is 5.88 Å². The van der Waals surface area contributed by atoms with Crippen LogP contribution in [0.5, 0.6) is 0 Å². The van der Waals surface area contributed by atoms with Crippen LogP contribution in [0.15, 0.2) is 35.1 Å². The highest BCUT2D eigenvalue weighted by molar-refractivity contribution is 6.19. The Labute approximate surface area is 99.1 Å². The van der Waals surface area contributed by atoms with Crippen molar-refractivity contribution in [1.82, 2.24) is 5.32 Å². The molecule has 1 atom stereocenters. The number of carbonyl (C=O) groups excluding carboxylic acids is 1. The van der Waals surface area contributed by atoms with Crippen molar-refractivity contribution in [1.29, 1.82) is 5.26 Å². The van der Waals surface area contributed by atoms with E-state index in [2.05, 4.69) is 11.4 Å². The molecule has 0 fully saturated rings. The van der Waals surface area contributed by atoms with Crippen molar-refractivity contribution < 1.29 is 4.79 Å². The molecule has 4 heteroatoms. The van der Waals surface area contributed by atoms with Crippen LogP contribution in [0.2, 0.25) is 0 Å². The molecule has 1 aliphatic carbocycles. The van der Waals surface area contributed by atoms with Crippen LogP contribution in [0.4, 0.5) is 0 Å². The lowest BCUT2D eigenvalue weighted by atomic mass is 9.90. The highest BCUT2D eigenvalue weighted by atomic mass is 35.5. The summed E-state index contributed by atoms with van der Waals surface area (Å²) >= 11 is 5.55. The number of hydrogen-bond donors (Lipinski definition) is 1. The van der Waals surface area contributed by atoms with Gasteiger partial charge in [0.25, 0.3) is 0 Å². The Morgan fingerprint density at radius 1 is 1.69 bits per heavy atom. The number of nitrogens with zero attached hydrogens (tertiary/aromatic N) is 1. The molecule has 0 amide bonds. The van der Waals surface area contributed by atoms with Gasteiger partial charge in [0.2, 0.25) is 0 Å². The summed E-state index contributed by atoms with van der Waals surface area (Å²) in [6.07, 6.45) is 6.49. The fourth-order valence-corrected chi connectivity index (χ4v) is 2.10. The van der Waals surface area contributed by atoms with Gasteiger partial charge in [-0.25, -0.2) is 0 Å². The van der Waals surface area contributed by atoms with E-state index in [0.717, 1.165) is 12.0 Å². The maximum atomic E-state index is 11.8. The second kappa shape index (κ2) is 4.54. The highest BCUT2D eigenvalue weighted by Crippen LogP contribution is 2.29. The van der Waals surface area contributed by atoms with Gasteiger partial charge in [0.1, 0.15) is 0 Å². The SMILES string of the molecule is N#CC1=CCC2NC=C(C(=O)CCCl)C2=C1. The summed E-state index contributed by atoms with van der Waals surface area (Å²) in [4.78, 5) is 11.8. The number of carbonyl (C=O) groups is 1. The van der Waals surface area contributed by atoms with E-state index in [1.165, 1.54) is 0 Å². The summed E-state index contributed by atoms with van der Waals surface area (Å²) in [7, 11) is 0. The third-order valence-corrected chi connectivity index (χ3v) is 2.94. The van der Waals surface area contributed by atoms with Gasteiger partial charge in [-0.2, -0.15) is 5.26 Å². The first-order chi connectivity index (χ1) is 7.76. The molecular formula is C12H11ClN2O. The van der Waals surface area contributed by atoms with E-state index in [-0.39, 0.29) is 11.8 Å². The van der Waals surface area contributed by atoms with E-state index in [9.17, 15) is 4.79 Å². The highest BCUT2D eigenvalue weighted by Gasteiger charge is 2.28. The molecule has 1 unspecified atom stereocenters. The fourth-order valence-electron chi connectivity index (χ4n) is 1.93. The number of allylic oxidation sites excluding steroid dienone is 2. The van der Waals surface area contributed by atoms with Gasteiger partial charge in [0, 0.05) is 29.6 Å². The minimum atomic E-state index is 0.0374. The number of nitrogens with one attached hydrogen (secondary N) is 1. The van der Waals surface area contributed by atoms with Crippen LogP contribution < -0.4 is 5.32 Å². The third-order valence-electron chi connectivity index (χ3n) is 2.75. The van der Waals surface area contributed by atoms with Crippen molar-refractivity contribution >= 4 is 17.4 Å². The lowest BCUT2D eigenvalue weighted by molar-refractivity contribution is -0.114. The van der Waals surface area contributed by atoms with Crippen LogP contribution >= 0.6 is 11.6 Å². The van der Waals surface area contributed by atoms with Crippen LogP contribution in [0.1, 0.15) is 12.8 Å². The number of alkyl halides is 1. The monoisotopic (exact) mass is 234 g/mol. The molecule has 2 aliphatic rings. The average molecular weight is 235 g/mol. The molecule has 1 aliphatic heterocycles. The Morgan fingerprint density at radius 2 is 2.50 bits per heavy atom. The first-order valence-corrected chi connectivity index (χ1v) is 5.67. The summed E-state index contributed by atoms with van der Waals surface area (Å²) in [5.74, 6) is 0.366. The number of fused-ring (bicyclic) bond motifs is 1. The lowest BCUT2D eigenvalue weighted by Gasteiger charge is -2.16. The molecule has 16 heavy (non-hydrogen) atoms. The van der Waals surface area contributed by atoms with E-state index < -0.39 is 0 Å². The molecule has 0 aromatic carbocycles. The standard InChI is InChI=1S/C12H11ClN2O/c13-4-3-12(16)10-7-15-11-2-1-8(6-14)5-9(10)11/h1,5,7,11,15H,2-4H2. The molecule has 0 aromatic heterocycles. The Hall–Kier alpha value is -1.53. The maximum Gasteiger partial charge on any atom is 0.165 e. The number of halogens is 1. The van der Waals surface area contributed by atoms with E-state index >= 15 is 0 Å². The van der Waals surface area contributed by atoms with Gasteiger partial charge in [0.05, 0.1) is 12.1 Å². The minimum absolute atomic E-state index is 0.0374. The van der Waals surface area contributed by atoms with Gasteiger partial charge < -0.3 is 5.32 Å². The van der Waals surface area contributed by atoms with Gasteiger partial charge in [-0.3, -0.25) is 4.79 Å². The molecule has 1 heterocycles. The average Bonchev–Trinajstić information content (AvgIpc) is 2.71. The molecular weight excluding hydrogens is 224 g/mol. The fraction of sp³-hybridized carbons (Fsp3) is 0.333.